The molecule has 4 rings (SSSR count). The van der Waals surface area contributed by atoms with Crippen molar-refractivity contribution >= 4 is 28.3 Å². The molecule has 2 aliphatic heterocycles. The molecule has 1 saturated heterocycles. The Kier molecular flexibility index (Phi) is 3.54. The number of carbonyl (C=O) groups is 1. The van der Waals surface area contributed by atoms with Crippen molar-refractivity contribution in [3.8, 4) is 5.75 Å². The van der Waals surface area contributed by atoms with Gasteiger partial charge in [-0.2, -0.15) is 0 Å². The number of benzene rings is 2. The second-order valence-electron chi connectivity index (χ2n) is 6.05. The van der Waals surface area contributed by atoms with E-state index in [4.69, 9.17) is 9.47 Å². The molecule has 1 unspecified atom stereocenters. The average Bonchev–Trinajstić information content (AvgIpc) is 2.60. The van der Waals surface area contributed by atoms with Gasteiger partial charge in [-0.3, -0.25) is 4.79 Å². The molecule has 0 amide bonds. The maximum atomic E-state index is 11.1. The highest BCUT2D eigenvalue weighted by Gasteiger charge is 2.19. The van der Waals surface area contributed by atoms with Crippen molar-refractivity contribution < 1.29 is 14.3 Å². The van der Waals surface area contributed by atoms with E-state index in [0.717, 1.165) is 54.9 Å². The minimum Gasteiger partial charge on any atom is -0.478 e. The number of fused-ring (bicyclic) bond motifs is 2. The van der Waals surface area contributed by atoms with E-state index < -0.39 is 6.10 Å². The fraction of sp³-hybridized carbons (Fsp3) is 0.316. The summed E-state index contributed by atoms with van der Waals surface area (Å²) in [5, 5.41) is 2.31. The fourth-order valence-corrected chi connectivity index (χ4v) is 3.27. The molecule has 2 aromatic carbocycles. The number of carbonyl (C=O) groups excluding carboxylic acids is 1. The first-order valence-corrected chi connectivity index (χ1v) is 7.96. The zero-order valence-corrected chi connectivity index (χ0v) is 13.1. The van der Waals surface area contributed by atoms with Gasteiger partial charge in [-0.25, -0.2) is 0 Å². The molecule has 23 heavy (non-hydrogen) atoms. The molecular weight excluding hydrogens is 290 g/mol. The van der Waals surface area contributed by atoms with E-state index in [2.05, 4.69) is 29.2 Å². The number of morpholine rings is 1. The zero-order valence-electron chi connectivity index (χ0n) is 13.1. The topological polar surface area (TPSA) is 38.8 Å². The molecule has 4 heteroatoms. The van der Waals surface area contributed by atoms with Crippen LogP contribution in [0, 0.1) is 0 Å². The molecule has 2 aromatic rings. The van der Waals surface area contributed by atoms with Gasteiger partial charge in [0.1, 0.15) is 5.75 Å². The molecule has 1 fully saturated rings. The first-order chi connectivity index (χ1) is 11.2. The Balaban J connectivity index is 1.76. The van der Waals surface area contributed by atoms with Crippen LogP contribution in [0.15, 0.2) is 36.4 Å². The van der Waals surface area contributed by atoms with Gasteiger partial charge in [0.25, 0.3) is 0 Å². The van der Waals surface area contributed by atoms with Gasteiger partial charge in [0.15, 0.2) is 12.4 Å². The van der Waals surface area contributed by atoms with Gasteiger partial charge in [-0.1, -0.05) is 6.07 Å². The van der Waals surface area contributed by atoms with Gasteiger partial charge in [0.05, 0.1) is 13.2 Å². The molecule has 0 spiro atoms. The highest BCUT2D eigenvalue weighted by Crippen LogP contribution is 2.36. The van der Waals surface area contributed by atoms with Gasteiger partial charge >= 0.3 is 0 Å². The van der Waals surface area contributed by atoms with Crippen LogP contribution in [0.25, 0.3) is 16.3 Å². The summed E-state index contributed by atoms with van der Waals surface area (Å²) in [6, 6.07) is 10.7. The van der Waals surface area contributed by atoms with Crippen LogP contribution in [0.1, 0.15) is 12.5 Å². The Labute approximate surface area is 135 Å². The van der Waals surface area contributed by atoms with Crippen LogP contribution in [0.2, 0.25) is 0 Å². The molecule has 1 atom stereocenters. The summed E-state index contributed by atoms with van der Waals surface area (Å²) in [5.41, 5.74) is 3.35. The maximum Gasteiger partial charge on any atom is 0.172 e. The van der Waals surface area contributed by atoms with Crippen LogP contribution >= 0.6 is 0 Å². The fourth-order valence-electron chi connectivity index (χ4n) is 3.27. The minimum absolute atomic E-state index is 0.484. The zero-order chi connectivity index (χ0) is 15.8. The van der Waals surface area contributed by atoms with E-state index in [1.54, 1.807) is 0 Å². The highest BCUT2D eigenvalue weighted by atomic mass is 16.5. The lowest BCUT2D eigenvalue weighted by molar-refractivity contribution is -0.112. The van der Waals surface area contributed by atoms with Gasteiger partial charge in [0, 0.05) is 24.3 Å². The summed E-state index contributed by atoms with van der Waals surface area (Å²) in [4.78, 5) is 13.4. The third-order valence-electron chi connectivity index (χ3n) is 4.53. The first kappa shape index (κ1) is 14.3. The van der Waals surface area contributed by atoms with Crippen molar-refractivity contribution in [3.63, 3.8) is 0 Å². The molecule has 118 valence electrons. The van der Waals surface area contributed by atoms with Crippen molar-refractivity contribution in [3.05, 3.63) is 42.0 Å². The third-order valence-corrected chi connectivity index (χ3v) is 4.53. The minimum atomic E-state index is -0.484. The molecule has 0 radical (unpaired) electrons. The van der Waals surface area contributed by atoms with Crippen molar-refractivity contribution in [2.75, 3.05) is 31.2 Å². The molecule has 0 N–H and O–H groups in total. The van der Waals surface area contributed by atoms with E-state index in [0.29, 0.717) is 0 Å². The van der Waals surface area contributed by atoms with Crippen molar-refractivity contribution in [1.29, 1.82) is 0 Å². The van der Waals surface area contributed by atoms with Gasteiger partial charge in [-0.05, 0) is 53.6 Å². The van der Waals surface area contributed by atoms with Crippen molar-refractivity contribution in [1.82, 2.24) is 0 Å². The van der Waals surface area contributed by atoms with Crippen LogP contribution in [0.4, 0.5) is 5.69 Å². The summed E-state index contributed by atoms with van der Waals surface area (Å²) in [7, 11) is 0. The standard InChI is InChI=1S/C19H19NO3/c1-13-8-17(12-21)23-19-11-15-9-16(20-4-6-22-7-5-20)3-2-14(15)10-18(13)19/h2-3,8-12,17H,4-7H2,1H3. The van der Waals surface area contributed by atoms with Gasteiger partial charge < -0.3 is 14.4 Å². The molecule has 4 nitrogen and oxygen atoms in total. The molecule has 0 aliphatic carbocycles. The lowest BCUT2D eigenvalue weighted by atomic mass is 9.97. The molecular formula is C19H19NO3. The van der Waals surface area contributed by atoms with E-state index in [1.165, 1.54) is 11.1 Å². The molecule has 2 heterocycles. The largest absolute Gasteiger partial charge is 0.478 e. The molecule has 0 saturated carbocycles. The van der Waals surface area contributed by atoms with Crippen LogP contribution in [0.3, 0.4) is 0 Å². The highest BCUT2D eigenvalue weighted by molar-refractivity contribution is 5.92. The smallest absolute Gasteiger partial charge is 0.172 e. The normalized spacial score (nSPS) is 20.7. The Morgan fingerprint density at radius 2 is 1.96 bits per heavy atom. The number of anilines is 1. The number of ether oxygens (including phenoxy) is 2. The van der Waals surface area contributed by atoms with Crippen LogP contribution in [-0.2, 0) is 9.53 Å². The average molecular weight is 309 g/mol. The number of hydrogen-bond acceptors (Lipinski definition) is 4. The summed E-state index contributed by atoms with van der Waals surface area (Å²) >= 11 is 0. The number of allylic oxidation sites excluding steroid dienone is 1. The predicted molar refractivity (Wildman–Crippen MR) is 91.1 cm³/mol. The maximum absolute atomic E-state index is 11.1. The summed E-state index contributed by atoms with van der Waals surface area (Å²) < 4.78 is 11.2. The second-order valence-corrected chi connectivity index (χ2v) is 6.05. The molecule has 0 bridgehead atoms. The Hall–Kier alpha value is -2.33. The van der Waals surface area contributed by atoms with Crippen molar-refractivity contribution in [2.24, 2.45) is 0 Å². The Bertz CT molecular complexity index is 791. The van der Waals surface area contributed by atoms with Crippen molar-refractivity contribution in [2.45, 2.75) is 13.0 Å². The first-order valence-electron chi connectivity index (χ1n) is 7.96. The predicted octanol–water partition coefficient (Wildman–Crippen LogP) is 3.04. The SMILES string of the molecule is CC1=CC(C=O)Oc2cc3cc(N4CCOCC4)ccc3cc21. The summed E-state index contributed by atoms with van der Waals surface area (Å²) in [6.07, 6.45) is 2.21. The quantitative estimate of drug-likeness (QED) is 0.799. The van der Waals surface area contributed by atoms with Crippen LogP contribution in [0.5, 0.6) is 5.75 Å². The number of nitrogens with zero attached hydrogens (tertiary/aromatic N) is 1. The summed E-state index contributed by atoms with van der Waals surface area (Å²) in [5.74, 6) is 0.786. The number of aldehydes is 1. The number of hydrogen-bond donors (Lipinski definition) is 0. The third kappa shape index (κ3) is 2.59. The van der Waals surface area contributed by atoms with Gasteiger partial charge in [-0.15, -0.1) is 0 Å². The lowest BCUT2D eigenvalue weighted by Gasteiger charge is -2.29. The summed E-state index contributed by atoms with van der Waals surface area (Å²) in [6.45, 7) is 5.41. The second kappa shape index (κ2) is 5.70. The van der Waals surface area contributed by atoms with E-state index in [1.807, 2.05) is 19.1 Å². The Morgan fingerprint density at radius 3 is 2.74 bits per heavy atom. The molecule has 0 aromatic heterocycles. The monoisotopic (exact) mass is 309 g/mol. The number of rotatable bonds is 2. The van der Waals surface area contributed by atoms with Crippen LogP contribution < -0.4 is 9.64 Å². The molecule has 2 aliphatic rings. The van der Waals surface area contributed by atoms with E-state index in [9.17, 15) is 4.79 Å². The van der Waals surface area contributed by atoms with E-state index >= 15 is 0 Å². The van der Waals surface area contributed by atoms with Crippen LogP contribution in [-0.4, -0.2) is 38.7 Å². The Morgan fingerprint density at radius 1 is 1.13 bits per heavy atom. The van der Waals surface area contributed by atoms with E-state index in [-0.39, 0.29) is 0 Å². The lowest BCUT2D eigenvalue weighted by Crippen LogP contribution is -2.36. The van der Waals surface area contributed by atoms with Gasteiger partial charge in [0.2, 0.25) is 0 Å².